The molecule has 2 heteroatoms. The first-order chi connectivity index (χ1) is 12.5. The molecule has 0 amide bonds. The minimum absolute atomic E-state index is 0.0604. The van der Waals surface area contributed by atoms with Crippen molar-refractivity contribution in [1.29, 1.82) is 0 Å². The third kappa shape index (κ3) is 8.05. The quantitative estimate of drug-likeness (QED) is 0.523. The van der Waals surface area contributed by atoms with Crippen molar-refractivity contribution in [2.45, 2.75) is 65.4 Å². The molecule has 0 aromatic heterocycles. The lowest BCUT2D eigenvalue weighted by Gasteiger charge is -2.39. The highest BCUT2D eigenvalue weighted by atomic mass is 16.5. The van der Waals surface area contributed by atoms with E-state index in [1.165, 1.54) is 37.7 Å². The van der Waals surface area contributed by atoms with Gasteiger partial charge in [-0.3, -0.25) is 0 Å². The van der Waals surface area contributed by atoms with E-state index in [2.05, 4.69) is 75.5 Å². The van der Waals surface area contributed by atoms with E-state index in [9.17, 15) is 0 Å². The third-order valence-electron chi connectivity index (χ3n) is 5.58. The number of hydrogen-bond donors (Lipinski definition) is 1. The zero-order valence-corrected chi connectivity index (χ0v) is 17.3. The van der Waals surface area contributed by atoms with Crippen molar-refractivity contribution >= 4 is 6.08 Å². The summed E-state index contributed by atoms with van der Waals surface area (Å²) in [5.74, 6) is 2.44. The van der Waals surface area contributed by atoms with Gasteiger partial charge in [-0.1, -0.05) is 62.8 Å². The van der Waals surface area contributed by atoms with Gasteiger partial charge in [-0.25, -0.2) is 0 Å². The summed E-state index contributed by atoms with van der Waals surface area (Å²) >= 11 is 0. The zero-order chi connectivity index (χ0) is 18.8. The first-order valence-electron chi connectivity index (χ1n) is 10.5. The average Bonchev–Trinajstić information content (AvgIpc) is 2.60. The number of ether oxygens (including phenoxy) is 1. The maximum atomic E-state index is 5.95. The van der Waals surface area contributed by atoms with Gasteiger partial charge in [0.15, 0.2) is 0 Å². The molecular formula is C24H39NO. The molecule has 1 aromatic rings. The second-order valence-electron chi connectivity index (χ2n) is 8.90. The van der Waals surface area contributed by atoms with Gasteiger partial charge in [0.1, 0.15) is 0 Å². The highest BCUT2D eigenvalue weighted by molar-refractivity contribution is 5.48. The van der Waals surface area contributed by atoms with E-state index in [4.69, 9.17) is 4.74 Å². The van der Waals surface area contributed by atoms with Crippen LogP contribution in [0.3, 0.4) is 0 Å². The Balaban J connectivity index is 1.76. The first-order valence-corrected chi connectivity index (χ1v) is 10.5. The van der Waals surface area contributed by atoms with Crippen LogP contribution in [0.5, 0.6) is 0 Å². The van der Waals surface area contributed by atoms with Gasteiger partial charge in [0.05, 0.1) is 5.60 Å². The maximum absolute atomic E-state index is 5.95. The van der Waals surface area contributed by atoms with E-state index in [0.717, 1.165) is 37.5 Å². The molecule has 0 aliphatic carbocycles. The Bertz CT molecular complexity index is 520. The smallest absolute Gasteiger partial charge is 0.0629 e. The SMILES string of the molecule is CC(C)CC[C@H](CCNCC=Cc1ccccc1)[C@@H]1CCOC(C)(C)C1. The predicted octanol–water partition coefficient (Wildman–Crippen LogP) is 5.94. The van der Waals surface area contributed by atoms with Crippen LogP contribution in [0.25, 0.3) is 6.08 Å². The van der Waals surface area contributed by atoms with E-state index in [1.807, 2.05) is 0 Å². The van der Waals surface area contributed by atoms with Gasteiger partial charge in [-0.05, 0) is 69.4 Å². The van der Waals surface area contributed by atoms with E-state index >= 15 is 0 Å². The van der Waals surface area contributed by atoms with Gasteiger partial charge >= 0.3 is 0 Å². The Hall–Kier alpha value is -1.12. The van der Waals surface area contributed by atoms with Crippen LogP contribution in [0, 0.1) is 17.8 Å². The molecule has 26 heavy (non-hydrogen) atoms. The van der Waals surface area contributed by atoms with Crippen molar-refractivity contribution < 1.29 is 4.74 Å². The number of nitrogens with one attached hydrogen (secondary N) is 1. The Morgan fingerprint density at radius 2 is 1.92 bits per heavy atom. The second-order valence-corrected chi connectivity index (χ2v) is 8.90. The fraction of sp³-hybridized carbons (Fsp3) is 0.667. The highest BCUT2D eigenvalue weighted by Gasteiger charge is 2.33. The van der Waals surface area contributed by atoms with E-state index in [-0.39, 0.29) is 5.60 Å². The molecule has 0 spiro atoms. The molecule has 1 fully saturated rings. The highest BCUT2D eigenvalue weighted by Crippen LogP contribution is 2.37. The minimum atomic E-state index is 0.0604. The van der Waals surface area contributed by atoms with E-state index < -0.39 is 0 Å². The Kier molecular flexibility index (Phi) is 8.87. The Morgan fingerprint density at radius 3 is 2.62 bits per heavy atom. The molecule has 146 valence electrons. The Labute approximate surface area is 161 Å². The molecular weight excluding hydrogens is 318 g/mol. The normalized spacial score (nSPS) is 21.3. The number of benzene rings is 1. The number of rotatable bonds is 10. The third-order valence-corrected chi connectivity index (χ3v) is 5.58. The molecule has 1 saturated heterocycles. The Morgan fingerprint density at radius 1 is 1.15 bits per heavy atom. The molecule has 1 aliphatic rings. The summed E-state index contributed by atoms with van der Waals surface area (Å²) in [5, 5.41) is 3.62. The van der Waals surface area contributed by atoms with Gasteiger partial charge in [0, 0.05) is 13.2 Å². The summed E-state index contributed by atoms with van der Waals surface area (Å²) in [7, 11) is 0. The molecule has 0 saturated carbocycles. The van der Waals surface area contributed by atoms with Gasteiger partial charge in [-0.2, -0.15) is 0 Å². The van der Waals surface area contributed by atoms with E-state index in [0.29, 0.717) is 0 Å². The fourth-order valence-corrected chi connectivity index (χ4v) is 4.08. The molecule has 1 N–H and O–H groups in total. The first kappa shape index (κ1) is 21.2. The van der Waals surface area contributed by atoms with Crippen molar-refractivity contribution in [3.05, 3.63) is 42.0 Å². The van der Waals surface area contributed by atoms with Crippen LogP contribution in [0.4, 0.5) is 0 Å². The van der Waals surface area contributed by atoms with Crippen molar-refractivity contribution in [2.24, 2.45) is 17.8 Å². The number of hydrogen-bond acceptors (Lipinski definition) is 2. The summed E-state index contributed by atoms with van der Waals surface area (Å²) < 4.78 is 5.95. The maximum Gasteiger partial charge on any atom is 0.0629 e. The lowest BCUT2D eigenvalue weighted by molar-refractivity contribution is -0.0839. The summed E-state index contributed by atoms with van der Waals surface area (Å²) in [6.07, 6.45) is 10.9. The van der Waals surface area contributed by atoms with Crippen molar-refractivity contribution in [3.63, 3.8) is 0 Å². The lowest BCUT2D eigenvalue weighted by Crippen LogP contribution is -2.37. The van der Waals surface area contributed by atoms with Gasteiger partial charge in [0.25, 0.3) is 0 Å². The molecule has 2 atom stereocenters. The molecule has 1 heterocycles. The van der Waals surface area contributed by atoms with Crippen LogP contribution in [0.1, 0.15) is 65.4 Å². The van der Waals surface area contributed by atoms with Crippen LogP contribution < -0.4 is 5.32 Å². The average molecular weight is 358 g/mol. The van der Waals surface area contributed by atoms with E-state index in [1.54, 1.807) is 0 Å². The standard InChI is InChI=1S/C24H39NO/c1-20(2)12-13-22(23-15-18-26-24(3,4)19-23)14-17-25-16-8-11-21-9-6-5-7-10-21/h5-11,20,22-23,25H,12-19H2,1-4H3/t22-,23-/m1/s1. The summed E-state index contributed by atoms with van der Waals surface area (Å²) in [5.41, 5.74) is 1.33. The molecule has 2 nitrogen and oxygen atoms in total. The molecule has 0 radical (unpaired) electrons. The molecule has 1 aromatic carbocycles. The van der Waals surface area contributed by atoms with Crippen LogP contribution >= 0.6 is 0 Å². The fourth-order valence-electron chi connectivity index (χ4n) is 4.08. The van der Waals surface area contributed by atoms with Crippen molar-refractivity contribution in [3.8, 4) is 0 Å². The summed E-state index contributed by atoms with van der Waals surface area (Å²) in [6, 6.07) is 10.5. The predicted molar refractivity (Wildman–Crippen MR) is 113 cm³/mol. The van der Waals surface area contributed by atoms with Crippen molar-refractivity contribution in [2.75, 3.05) is 19.7 Å². The second kappa shape index (κ2) is 10.9. The van der Waals surface area contributed by atoms with Crippen LogP contribution in [-0.2, 0) is 4.74 Å². The summed E-state index contributed by atoms with van der Waals surface area (Å²) in [4.78, 5) is 0. The molecule has 2 rings (SSSR count). The monoisotopic (exact) mass is 357 g/mol. The minimum Gasteiger partial charge on any atom is -0.376 e. The zero-order valence-electron chi connectivity index (χ0n) is 17.3. The van der Waals surface area contributed by atoms with Crippen LogP contribution in [0.15, 0.2) is 36.4 Å². The summed E-state index contributed by atoms with van der Waals surface area (Å²) in [6.45, 7) is 12.2. The molecule has 0 unspecified atom stereocenters. The van der Waals surface area contributed by atoms with Crippen molar-refractivity contribution in [1.82, 2.24) is 5.32 Å². The van der Waals surface area contributed by atoms with Gasteiger partial charge in [0.2, 0.25) is 0 Å². The van der Waals surface area contributed by atoms with Crippen LogP contribution in [-0.4, -0.2) is 25.3 Å². The van der Waals surface area contributed by atoms with Crippen LogP contribution in [0.2, 0.25) is 0 Å². The topological polar surface area (TPSA) is 21.3 Å². The van der Waals surface area contributed by atoms with Gasteiger partial charge in [-0.15, -0.1) is 0 Å². The molecule has 0 bridgehead atoms. The lowest BCUT2D eigenvalue weighted by atomic mass is 9.75. The largest absolute Gasteiger partial charge is 0.376 e. The molecule has 1 aliphatic heterocycles. The van der Waals surface area contributed by atoms with Gasteiger partial charge < -0.3 is 10.1 Å².